The zero-order valence-corrected chi connectivity index (χ0v) is 16.9. The summed E-state index contributed by atoms with van der Waals surface area (Å²) >= 11 is 3.36. The summed E-state index contributed by atoms with van der Waals surface area (Å²) in [5.41, 5.74) is 0.635. The number of amides is 1. The molecule has 0 saturated carbocycles. The number of halogens is 1. The highest BCUT2D eigenvalue weighted by molar-refractivity contribution is 9.10. The third kappa shape index (κ3) is 3.72. The Balaban J connectivity index is 1.85. The monoisotopic (exact) mass is 464 g/mol. The number of rotatable bonds is 4. The van der Waals surface area contributed by atoms with Gasteiger partial charge < -0.3 is 4.42 Å². The molecule has 1 heterocycles. The van der Waals surface area contributed by atoms with Gasteiger partial charge in [-0.1, -0.05) is 46.3 Å². The van der Waals surface area contributed by atoms with Gasteiger partial charge in [0.2, 0.25) is 11.3 Å². The normalized spacial score (nSPS) is 10.7. The summed E-state index contributed by atoms with van der Waals surface area (Å²) in [5.74, 6) is -0.659. The van der Waals surface area contributed by atoms with Crippen molar-refractivity contribution < 1.29 is 14.1 Å². The molecule has 30 heavy (non-hydrogen) atoms. The van der Waals surface area contributed by atoms with Gasteiger partial charge in [-0.05, 0) is 35.9 Å². The summed E-state index contributed by atoms with van der Waals surface area (Å²) in [4.78, 5) is 36.4. The summed E-state index contributed by atoms with van der Waals surface area (Å²) in [6.07, 6.45) is 0. The Hall–Kier alpha value is -3.78. The molecule has 1 aromatic heterocycles. The predicted molar refractivity (Wildman–Crippen MR) is 117 cm³/mol. The van der Waals surface area contributed by atoms with Crippen LogP contribution in [0.15, 0.2) is 86.5 Å². The van der Waals surface area contributed by atoms with Crippen LogP contribution in [0.1, 0.15) is 10.4 Å². The largest absolute Gasteiger partial charge is 0.439 e. The first kappa shape index (κ1) is 19.5. The molecule has 4 aromatic rings. The van der Waals surface area contributed by atoms with Crippen molar-refractivity contribution in [3.05, 3.63) is 103 Å². The quantitative estimate of drug-likeness (QED) is 0.322. The number of fused-ring (bicyclic) bond motifs is 1. The number of nitro benzene ring substituents is 1. The SMILES string of the molecule is O=C(Nc1oc2ccccc2c(=O)c1-c1ccc(Br)cc1)c1cccc([N+](=O)[O-])c1. The van der Waals surface area contributed by atoms with Gasteiger partial charge in [0.05, 0.1) is 15.9 Å². The number of para-hydroxylation sites is 1. The van der Waals surface area contributed by atoms with Crippen LogP contribution < -0.4 is 10.7 Å². The van der Waals surface area contributed by atoms with Crippen molar-refractivity contribution in [2.75, 3.05) is 5.32 Å². The first-order chi connectivity index (χ1) is 14.4. The Bertz CT molecular complexity index is 1350. The minimum absolute atomic E-state index is 0.0301. The topological polar surface area (TPSA) is 102 Å². The molecule has 0 aliphatic rings. The Morgan fingerprint density at radius 3 is 2.47 bits per heavy atom. The van der Waals surface area contributed by atoms with Crippen LogP contribution in [-0.4, -0.2) is 10.8 Å². The number of non-ortho nitro benzene ring substituents is 1. The van der Waals surface area contributed by atoms with Crippen LogP contribution in [0.2, 0.25) is 0 Å². The average molecular weight is 465 g/mol. The molecule has 0 aliphatic carbocycles. The first-order valence-electron chi connectivity index (χ1n) is 8.81. The van der Waals surface area contributed by atoms with E-state index in [0.717, 1.165) is 10.5 Å². The minimum Gasteiger partial charge on any atom is -0.439 e. The Morgan fingerprint density at radius 2 is 1.73 bits per heavy atom. The molecule has 8 heteroatoms. The lowest BCUT2D eigenvalue weighted by molar-refractivity contribution is -0.384. The molecular weight excluding hydrogens is 452 g/mol. The first-order valence-corrected chi connectivity index (χ1v) is 9.61. The maximum Gasteiger partial charge on any atom is 0.270 e. The molecule has 0 spiro atoms. The number of nitrogens with zero attached hydrogens (tertiary/aromatic N) is 1. The van der Waals surface area contributed by atoms with E-state index in [2.05, 4.69) is 21.2 Å². The number of nitrogens with one attached hydrogen (secondary N) is 1. The van der Waals surface area contributed by atoms with E-state index in [4.69, 9.17) is 4.42 Å². The Kier molecular flexibility index (Phi) is 5.16. The number of hydrogen-bond donors (Lipinski definition) is 1. The van der Waals surface area contributed by atoms with Gasteiger partial charge >= 0.3 is 0 Å². The van der Waals surface area contributed by atoms with Crippen molar-refractivity contribution in [1.29, 1.82) is 0 Å². The van der Waals surface area contributed by atoms with Crippen LogP contribution in [-0.2, 0) is 0 Å². The van der Waals surface area contributed by atoms with E-state index in [1.54, 1.807) is 48.5 Å². The van der Waals surface area contributed by atoms with Gasteiger partial charge in [-0.25, -0.2) is 0 Å². The third-order valence-corrected chi connectivity index (χ3v) is 5.01. The summed E-state index contributed by atoms with van der Waals surface area (Å²) in [7, 11) is 0. The maximum atomic E-state index is 13.2. The van der Waals surface area contributed by atoms with E-state index < -0.39 is 10.8 Å². The molecule has 4 rings (SSSR count). The second kappa shape index (κ2) is 7.92. The van der Waals surface area contributed by atoms with Gasteiger partial charge in [0.25, 0.3) is 11.6 Å². The molecule has 1 amide bonds. The molecule has 0 radical (unpaired) electrons. The summed E-state index contributed by atoms with van der Waals surface area (Å²) in [5, 5.41) is 14.0. The van der Waals surface area contributed by atoms with Gasteiger partial charge in [0.15, 0.2) is 0 Å². The fraction of sp³-hybridized carbons (Fsp3) is 0. The van der Waals surface area contributed by atoms with E-state index in [1.807, 2.05) is 0 Å². The van der Waals surface area contributed by atoms with Crippen LogP contribution >= 0.6 is 15.9 Å². The number of anilines is 1. The minimum atomic E-state index is -0.629. The van der Waals surface area contributed by atoms with Crippen LogP contribution in [0.25, 0.3) is 22.1 Å². The zero-order chi connectivity index (χ0) is 21.3. The van der Waals surface area contributed by atoms with Crippen molar-refractivity contribution in [3.8, 4) is 11.1 Å². The Labute approximate surface area is 178 Å². The molecule has 0 bridgehead atoms. The number of nitro groups is 1. The van der Waals surface area contributed by atoms with Gasteiger partial charge in [0, 0.05) is 22.2 Å². The van der Waals surface area contributed by atoms with Crippen molar-refractivity contribution in [2.24, 2.45) is 0 Å². The fourth-order valence-electron chi connectivity index (χ4n) is 3.04. The van der Waals surface area contributed by atoms with Crippen molar-refractivity contribution >= 4 is 44.4 Å². The van der Waals surface area contributed by atoms with E-state index >= 15 is 0 Å². The second-order valence-electron chi connectivity index (χ2n) is 6.40. The molecule has 0 atom stereocenters. The second-order valence-corrected chi connectivity index (χ2v) is 7.32. The fourth-order valence-corrected chi connectivity index (χ4v) is 3.31. The maximum absolute atomic E-state index is 13.2. The van der Waals surface area contributed by atoms with Crippen molar-refractivity contribution in [2.45, 2.75) is 0 Å². The summed E-state index contributed by atoms with van der Waals surface area (Å²) in [6.45, 7) is 0. The average Bonchev–Trinajstić information content (AvgIpc) is 2.75. The molecule has 1 N–H and O–H groups in total. The third-order valence-electron chi connectivity index (χ3n) is 4.48. The number of carbonyl (C=O) groups is 1. The lowest BCUT2D eigenvalue weighted by Gasteiger charge is -2.11. The van der Waals surface area contributed by atoms with E-state index in [0.29, 0.717) is 16.5 Å². The number of benzene rings is 3. The lowest BCUT2D eigenvalue weighted by Crippen LogP contribution is -2.16. The number of hydrogen-bond acceptors (Lipinski definition) is 5. The van der Waals surface area contributed by atoms with E-state index in [1.165, 1.54) is 18.2 Å². The molecule has 7 nitrogen and oxygen atoms in total. The van der Waals surface area contributed by atoms with Crippen LogP contribution in [0.5, 0.6) is 0 Å². The smallest absolute Gasteiger partial charge is 0.270 e. The van der Waals surface area contributed by atoms with Gasteiger partial charge in [-0.3, -0.25) is 25.0 Å². The van der Waals surface area contributed by atoms with Crippen molar-refractivity contribution in [1.82, 2.24) is 0 Å². The molecule has 0 unspecified atom stereocenters. The zero-order valence-electron chi connectivity index (χ0n) is 15.3. The highest BCUT2D eigenvalue weighted by Crippen LogP contribution is 2.30. The van der Waals surface area contributed by atoms with Crippen LogP contribution in [0.4, 0.5) is 11.6 Å². The molecule has 0 aliphatic heterocycles. The standard InChI is InChI=1S/C22H13BrN2O5/c23-15-10-8-13(9-11-15)19-20(26)17-6-1-2-7-18(17)30-22(19)24-21(27)14-4-3-5-16(12-14)25(28)29/h1-12H,(H,24,27). The van der Waals surface area contributed by atoms with E-state index in [9.17, 15) is 19.7 Å². The summed E-state index contributed by atoms with van der Waals surface area (Å²) in [6, 6.07) is 19.0. The molecular formula is C22H13BrN2O5. The van der Waals surface area contributed by atoms with E-state index in [-0.39, 0.29) is 28.1 Å². The Morgan fingerprint density at radius 1 is 1.00 bits per heavy atom. The van der Waals surface area contributed by atoms with Gasteiger partial charge in [-0.15, -0.1) is 0 Å². The van der Waals surface area contributed by atoms with Gasteiger partial charge in [0.1, 0.15) is 5.58 Å². The lowest BCUT2D eigenvalue weighted by atomic mass is 10.0. The highest BCUT2D eigenvalue weighted by Gasteiger charge is 2.20. The molecule has 148 valence electrons. The highest BCUT2D eigenvalue weighted by atomic mass is 79.9. The van der Waals surface area contributed by atoms with Crippen molar-refractivity contribution in [3.63, 3.8) is 0 Å². The summed E-state index contributed by atoms with van der Waals surface area (Å²) < 4.78 is 6.68. The van der Waals surface area contributed by atoms with Gasteiger partial charge in [-0.2, -0.15) is 0 Å². The predicted octanol–water partition coefficient (Wildman–Crippen LogP) is 5.38. The van der Waals surface area contributed by atoms with Crippen LogP contribution in [0.3, 0.4) is 0 Å². The molecule has 0 saturated heterocycles. The van der Waals surface area contributed by atoms with Crippen LogP contribution in [0, 0.1) is 10.1 Å². The molecule has 0 fully saturated rings. The number of carbonyl (C=O) groups excluding carboxylic acids is 1. The molecule has 3 aromatic carbocycles.